The van der Waals surface area contributed by atoms with Crippen LogP contribution >= 0.6 is 12.6 Å². The lowest BCUT2D eigenvalue weighted by molar-refractivity contribution is 0.401. The van der Waals surface area contributed by atoms with Crippen LogP contribution < -0.4 is 9.47 Å². The Morgan fingerprint density at radius 3 is 1.59 bits per heavy atom. The highest BCUT2D eigenvalue weighted by atomic mass is 32.1. The second-order valence-electron chi connectivity index (χ2n) is 5.67. The molecule has 0 heterocycles. The lowest BCUT2D eigenvalue weighted by Crippen LogP contribution is -1.94. The van der Waals surface area contributed by atoms with Gasteiger partial charge in [-0.05, 0) is 36.4 Å². The molecule has 132 valence electrons. The van der Waals surface area contributed by atoms with E-state index in [1.54, 1.807) is 14.2 Å². The summed E-state index contributed by atoms with van der Waals surface area (Å²) in [6.45, 7) is 0. The second-order valence-corrected chi connectivity index (χ2v) is 6.18. The maximum Gasteiger partial charge on any atom is 0.136 e. The first kappa shape index (κ1) is 18.5. The first-order valence-corrected chi connectivity index (χ1v) is 8.78. The summed E-state index contributed by atoms with van der Waals surface area (Å²) in [5.74, 6) is 13.9. The van der Waals surface area contributed by atoms with Gasteiger partial charge in [-0.3, -0.25) is 0 Å². The van der Waals surface area contributed by atoms with Crippen molar-refractivity contribution in [3.63, 3.8) is 0 Å². The summed E-state index contributed by atoms with van der Waals surface area (Å²) in [6, 6.07) is 21.2. The van der Waals surface area contributed by atoms with Crippen molar-refractivity contribution in [3.05, 3.63) is 89.0 Å². The topological polar surface area (TPSA) is 18.5 Å². The van der Waals surface area contributed by atoms with Crippen LogP contribution in [0.25, 0.3) is 0 Å². The third kappa shape index (κ3) is 4.88. The molecule has 0 N–H and O–H groups in total. The SMILES string of the molecule is COc1cc(C#Cc2ccc(S)cc2)c(OC)cc1C#Cc1ccccc1. The second kappa shape index (κ2) is 8.90. The average Bonchev–Trinajstić information content (AvgIpc) is 2.72. The van der Waals surface area contributed by atoms with E-state index in [0.717, 1.165) is 27.1 Å². The Bertz CT molecular complexity index is 1050. The van der Waals surface area contributed by atoms with Crippen LogP contribution in [-0.4, -0.2) is 14.2 Å². The third-order valence-electron chi connectivity index (χ3n) is 3.85. The number of thiol groups is 1. The molecule has 0 aliphatic rings. The number of rotatable bonds is 2. The van der Waals surface area contributed by atoms with Gasteiger partial charge in [-0.2, -0.15) is 0 Å². The fourth-order valence-corrected chi connectivity index (χ4v) is 2.59. The monoisotopic (exact) mass is 370 g/mol. The molecular weight excluding hydrogens is 352 g/mol. The van der Waals surface area contributed by atoms with E-state index in [1.165, 1.54) is 0 Å². The van der Waals surface area contributed by atoms with Crippen molar-refractivity contribution >= 4 is 12.6 Å². The van der Waals surface area contributed by atoms with Crippen LogP contribution in [0.4, 0.5) is 0 Å². The molecule has 0 radical (unpaired) electrons. The molecule has 0 aromatic heterocycles. The standard InChI is InChI=1S/C24H18O2S/c1-25-23-17-21(13-9-19-10-14-22(27)15-11-19)24(26-2)16-20(23)12-8-18-6-4-3-5-7-18/h3-7,10-11,14-17,27H,1-2H3. The van der Waals surface area contributed by atoms with Crippen LogP contribution in [0.5, 0.6) is 11.5 Å². The summed E-state index contributed by atoms with van der Waals surface area (Å²) in [5.41, 5.74) is 3.34. The van der Waals surface area contributed by atoms with E-state index in [-0.39, 0.29) is 0 Å². The maximum absolute atomic E-state index is 5.51. The van der Waals surface area contributed by atoms with Gasteiger partial charge in [0.15, 0.2) is 0 Å². The molecular formula is C24H18O2S. The van der Waals surface area contributed by atoms with Crippen molar-refractivity contribution in [2.24, 2.45) is 0 Å². The minimum Gasteiger partial charge on any atom is -0.495 e. The molecule has 0 saturated heterocycles. The van der Waals surface area contributed by atoms with Gasteiger partial charge in [-0.1, -0.05) is 41.9 Å². The van der Waals surface area contributed by atoms with Crippen LogP contribution in [-0.2, 0) is 0 Å². The van der Waals surface area contributed by atoms with E-state index in [4.69, 9.17) is 9.47 Å². The zero-order chi connectivity index (χ0) is 19.1. The van der Waals surface area contributed by atoms with E-state index in [0.29, 0.717) is 11.5 Å². The fourth-order valence-electron chi connectivity index (χ4n) is 2.44. The Balaban J connectivity index is 1.98. The van der Waals surface area contributed by atoms with Crippen molar-refractivity contribution in [1.82, 2.24) is 0 Å². The Kier molecular flexibility index (Phi) is 6.10. The van der Waals surface area contributed by atoms with Gasteiger partial charge in [0.1, 0.15) is 11.5 Å². The third-order valence-corrected chi connectivity index (χ3v) is 4.14. The average molecular weight is 370 g/mol. The van der Waals surface area contributed by atoms with Crippen molar-refractivity contribution in [2.75, 3.05) is 14.2 Å². The van der Waals surface area contributed by atoms with Crippen LogP contribution in [0.3, 0.4) is 0 Å². The largest absolute Gasteiger partial charge is 0.495 e. The van der Waals surface area contributed by atoms with Crippen molar-refractivity contribution in [2.45, 2.75) is 4.90 Å². The molecule has 3 aromatic rings. The van der Waals surface area contributed by atoms with Crippen LogP contribution in [0.15, 0.2) is 71.6 Å². The summed E-state index contributed by atoms with van der Waals surface area (Å²) in [6.07, 6.45) is 0. The Hall–Kier alpha value is -3.27. The predicted octanol–water partition coefficient (Wildman–Crippen LogP) is 4.79. The van der Waals surface area contributed by atoms with Gasteiger partial charge in [0.2, 0.25) is 0 Å². The van der Waals surface area contributed by atoms with Gasteiger partial charge in [-0.15, -0.1) is 12.6 Å². The van der Waals surface area contributed by atoms with Gasteiger partial charge in [0, 0.05) is 28.2 Å². The van der Waals surface area contributed by atoms with E-state index >= 15 is 0 Å². The molecule has 0 saturated carbocycles. The highest BCUT2D eigenvalue weighted by molar-refractivity contribution is 7.80. The molecule has 0 aliphatic carbocycles. The van der Waals surface area contributed by atoms with E-state index in [1.807, 2.05) is 66.7 Å². The van der Waals surface area contributed by atoms with Gasteiger partial charge in [-0.25, -0.2) is 0 Å². The Labute approximate surface area is 165 Å². The van der Waals surface area contributed by atoms with Crippen LogP contribution in [0, 0.1) is 23.7 Å². The molecule has 0 bridgehead atoms. The lowest BCUT2D eigenvalue weighted by atomic mass is 10.1. The number of hydrogen-bond acceptors (Lipinski definition) is 3. The normalized spacial score (nSPS) is 9.44. The fraction of sp³-hybridized carbons (Fsp3) is 0.0833. The Morgan fingerprint density at radius 1 is 0.630 bits per heavy atom. The summed E-state index contributed by atoms with van der Waals surface area (Å²) in [5, 5.41) is 0. The molecule has 0 spiro atoms. The molecule has 27 heavy (non-hydrogen) atoms. The van der Waals surface area contributed by atoms with E-state index in [9.17, 15) is 0 Å². The van der Waals surface area contributed by atoms with Crippen molar-refractivity contribution in [3.8, 4) is 35.2 Å². The number of benzene rings is 3. The van der Waals surface area contributed by atoms with Gasteiger partial charge >= 0.3 is 0 Å². The summed E-state index contributed by atoms with van der Waals surface area (Å²) in [4.78, 5) is 0.904. The molecule has 3 rings (SSSR count). The van der Waals surface area contributed by atoms with Gasteiger partial charge in [0.05, 0.1) is 25.3 Å². The van der Waals surface area contributed by atoms with E-state index in [2.05, 4.69) is 36.3 Å². The van der Waals surface area contributed by atoms with Gasteiger partial charge in [0.25, 0.3) is 0 Å². The molecule has 0 fully saturated rings. The first-order valence-electron chi connectivity index (χ1n) is 8.34. The molecule has 3 heteroatoms. The summed E-state index contributed by atoms with van der Waals surface area (Å²) >= 11 is 4.29. The molecule has 0 unspecified atom stereocenters. The molecule has 3 aromatic carbocycles. The molecule has 2 nitrogen and oxygen atoms in total. The number of ether oxygens (including phenoxy) is 2. The minimum atomic E-state index is 0.659. The zero-order valence-corrected chi connectivity index (χ0v) is 16.0. The minimum absolute atomic E-state index is 0.659. The van der Waals surface area contributed by atoms with Gasteiger partial charge < -0.3 is 9.47 Å². The molecule has 0 aliphatic heterocycles. The highest BCUT2D eigenvalue weighted by Gasteiger charge is 2.08. The summed E-state index contributed by atoms with van der Waals surface area (Å²) < 4.78 is 11.0. The molecule has 0 atom stereocenters. The molecule has 0 amide bonds. The van der Waals surface area contributed by atoms with Crippen LogP contribution in [0.1, 0.15) is 22.3 Å². The zero-order valence-electron chi connectivity index (χ0n) is 15.1. The Morgan fingerprint density at radius 2 is 1.11 bits per heavy atom. The highest BCUT2D eigenvalue weighted by Crippen LogP contribution is 2.28. The first-order chi connectivity index (χ1) is 13.2. The van der Waals surface area contributed by atoms with E-state index < -0.39 is 0 Å². The van der Waals surface area contributed by atoms with Crippen molar-refractivity contribution in [1.29, 1.82) is 0 Å². The maximum atomic E-state index is 5.51. The number of hydrogen-bond donors (Lipinski definition) is 1. The number of methoxy groups -OCH3 is 2. The van der Waals surface area contributed by atoms with Crippen molar-refractivity contribution < 1.29 is 9.47 Å². The predicted molar refractivity (Wildman–Crippen MR) is 112 cm³/mol. The van der Waals surface area contributed by atoms with Crippen LogP contribution in [0.2, 0.25) is 0 Å². The smallest absolute Gasteiger partial charge is 0.136 e. The lowest BCUT2D eigenvalue weighted by Gasteiger charge is -2.09. The summed E-state index contributed by atoms with van der Waals surface area (Å²) in [7, 11) is 3.25. The quantitative estimate of drug-likeness (QED) is 0.516.